The third-order valence-corrected chi connectivity index (χ3v) is 3.94. The van der Waals surface area contributed by atoms with Gasteiger partial charge in [0.05, 0.1) is 19.7 Å². The SMILES string of the molecule is COc1ccc([C@H](C)NC(=O)NCc2c(C)cc(C)[nH]c2=O)cc1F. The molecule has 0 aliphatic carbocycles. The van der Waals surface area contributed by atoms with E-state index in [0.717, 1.165) is 11.3 Å². The number of amides is 2. The number of hydrogen-bond donors (Lipinski definition) is 3. The summed E-state index contributed by atoms with van der Waals surface area (Å²) in [6, 6.07) is 5.51. The van der Waals surface area contributed by atoms with Crippen LogP contribution in [0.25, 0.3) is 0 Å². The summed E-state index contributed by atoms with van der Waals surface area (Å²) in [4.78, 5) is 26.7. The lowest BCUT2D eigenvalue weighted by Gasteiger charge is -2.16. The second kappa shape index (κ2) is 7.83. The first-order valence-corrected chi connectivity index (χ1v) is 7.89. The van der Waals surface area contributed by atoms with E-state index in [4.69, 9.17) is 4.74 Å². The lowest BCUT2D eigenvalue weighted by atomic mass is 10.1. The van der Waals surface area contributed by atoms with Crippen LogP contribution in [0.1, 0.15) is 35.3 Å². The van der Waals surface area contributed by atoms with E-state index in [9.17, 15) is 14.0 Å². The predicted molar refractivity (Wildman–Crippen MR) is 93.3 cm³/mol. The van der Waals surface area contributed by atoms with Crippen molar-refractivity contribution in [3.8, 4) is 5.75 Å². The number of methoxy groups -OCH3 is 1. The van der Waals surface area contributed by atoms with Gasteiger partial charge in [-0.3, -0.25) is 4.79 Å². The van der Waals surface area contributed by atoms with Crippen LogP contribution >= 0.6 is 0 Å². The first kappa shape index (κ1) is 18.5. The molecule has 1 aromatic carbocycles. The predicted octanol–water partition coefficient (Wildman–Crippen LogP) is 2.70. The van der Waals surface area contributed by atoms with E-state index >= 15 is 0 Å². The minimum atomic E-state index is -0.490. The summed E-state index contributed by atoms with van der Waals surface area (Å²) in [7, 11) is 1.39. The lowest BCUT2D eigenvalue weighted by Crippen LogP contribution is -2.38. The number of urea groups is 1. The highest BCUT2D eigenvalue weighted by atomic mass is 19.1. The van der Waals surface area contributed by atoms with Gasteiger partial charge in [-0.15, -0.1) is 0 Å². The minimum Gasteiger partial charge on any atom is -0.494 e. The van der Waals surface area contributed by atoms with Crippen LogP contribution in [0.3, 0.4) is 0 Å². The molecule has 134 valence electrons. The third kappa shape index (κ3) is 4.59. The summed E-state index contributed by atoms with van der Waals surface area (Å²) < 4.78 is 18.6. The topological polar surface area (TPSA) is 83.2 Å². The summed E-state index contributed by atoms with van der Waals surface area (Å²) in [6.45, 7) is 5.47. The van der Waals surface area contributed by atoms with Crippen LogP contribution in [0.4, 0.5) is 9.18 Å². The molecule has 6 nitrogen and oxygen atoms in total. The summed E-state index contributed by atoms with van der Waals surface area (Å²) in [5.74, 6) is -0.342. The zero-order valence-corrected chi connectivity index (χ0v) is 14.7. The second-order valence-corrected chi connectivity index (χ2v) is 5.89. The van der Waals surface area contributed by atoms with Crippen molar-refractivity contribution in [2.45, 2.75) is 33.4 Å². The molecule has 0 fully saturated rings. The molecule has 7 heteroatoms. The van der Waals surface area contributed by atoms with Gasteiger partial charge in [0.15, 0.2) is 11.6 Å². The Balaban J connectivity index is 1.98. The third-order valence-electron chi connectivity index (χ3n) is 3.94. The van der Waals surface area contributed by atoms with E-state index in [1.54, 1.807) is 19.9 Å². The molecule has 3 N–H and O–H groups in total. The molecule has 0 spiro atoms. The highest BCUT2D eigenvalue weighted by Crippen LogP contribution is 2.21. The van der Waals surface area contributed by atoms with E-state index in [-0.39, 0.29) is 17.9 Å². The maximum absolute atomic E-state index is 13.7. The number of aromatic amines is 1. The van der Waals surface area contributed by atoms with E-state index in [0.29, 0.717) is 11.1 Å². The molecule has 0 aliphatic heterocycles. The van der Waals surface area contributed by atoms with E-state index < -0.39 is 17.9 Å². The van der Waals surface area contributed by atoms with E-state index in [1.807, 2.05) is 13.0 Å². The number of H-pyrrole nitrogens is 1. The molecular weight excluding hydrogens is 325 g/mol. The summed E-state index contributed by atoms with van der Waals surface area (Å²) in [6.07, 6.45) is 0. The number of benzene rings is 1. The molecule has 1 heterocycles. The fourth-order valence-electron chi connectivity index (χ4n) is 2.55. The van der Waals surface area contributed by atoms with Gasteiger partial charge in [0.1, 0.15) is 0 Å². The van der Waals surface area contributed by atoms with Crippen molar-refractivity contribution < 1.29 is 13.9 Å². The molecule has 25 heavy (non-hydrogen) atoms. The number of halogens is 1. The Morgan fingerprint density at radius 3 is 2.64 bits per heavy atom. The fourth-order valence-corrected chi connectivity index (χ4v) is 2.55. The van der Waals surface area contributed by atoms with Gasteiger partial charge >= 0.3 is 6.03 Å². The van der Waals surface area contributed by atoms with Crippen molar-refractivity contribution >= 4 is 6.03 Å². The molecular formula is C18H22FN3O3. The number of hydrogen-bond acceptors (Lipinski definition) is 3. The molecule has 0 saturated heterocycles. The Morgan fingerprint density at radius 1 is 1.32 bits per heavy atom. The average molecular weight is 347 g/mol. The Morgan fingerprint density at radius 2 is 2.04 bits per heavy atom. The number of carbonyl (C=O) groups is 1. The number of ether oxygens (including phenoxy) is 1. The lowest BCUT2D eigenvalue weighted by molar-refractivity contribution is 0.237. The van der Waals surface area contributed by atoms with Gasteiger partial charge in [0, 0.05) is 11.3 Å². The Hall–Kier alpha value is -2.83. The number of carbonyl (C=O) groups excluding carboxylic acids is 1. The molecule has 1 atom stereocenters. The van der Waals surface area contributed by atoms with E-state index in [2.05, 4.69) is 15.6 Å². The van der Waals surface area contributed by atoms with Crippen molar-refractivity contribution in [1.82, 2.24) is 15.6 Å². The van der Waals surface area contributed by atoms with Crippen molar-refractivity contribution in [1.29, 1.82) is 0 Å². The summed E-state index contributed by atoms with van der Waals surface area (Å²) >= 11 is 0. The molecule has 0 radical (unpaired) electrons. The van der Waals surface area contributed by atoms with Gasteiger partial charge in [-0.1, -0.05) is 6.07 Å². The summed E-state index contributed by atoms with van der Waals surface area (Å²) in [5.41, 5.74) is 2.47. The molecule has 0 saturated carbocycles. The molecule has 0 bridgehead atoms. The Kier molecular flexibility index (Phi) is 5.80. The Bertz CT molecular complexity index is 833. The number of nitrogens with one attached hydrogen (secondary N) is 3. The Labute approximate surface area is 145 Å². The van der Waals surface area contributed by atoms with Crippen LogP contribution in [0.5, 0.6) is 5.75 Å². The molecule has 0 aliphatic rings. The molecule has 2 rings (SSSR count). The van der Waals surface area contributed by atoms with Gasteiger partial charge in [-0.25, -0.2) is 9.18 Å². The van der Waals surface area contributed by atoms with Crippen LogP contribution in [0.15, 0.2) is 29.1 Å². The average Bonchev–Trinajstić information content (AvgIpc) is 2.53. The largest absolute Gasteiger partial charge is 0.494 e. The maximum Gasteiger partial charge on any atom is 0.315 e. The van der Waals surface area contributed by atoms with Gasteiger partial charge < -0.3 is 20.4 Å². The van der Waals surface area contributed by atoms with Gasteiger partial charge in [0.2, 0.25) is 0 Å². The van der Waals surface area contributed by atoms with Crippen molar-refractivity contribution in [3.05, 3.63) is 62.8 Å². The van der Waals surface area contributed by atoms with Crippen LogP contribution in [0, 0.1) is 19.7 Å². The van der Waals surface area contributed by atoms with Crippen LogP contribution in [-0.4, -0.2) is 18.1 Å². The molecule has 2 aromatic rings. The summed E-state index contributed by atoms with van der Waals surface area (Å²) in [5, 5.41) is 5.36. The quantitative estimate of drug-likeness (QED) is 0.778. The highest BCUT2D eigenvalue weighted by Gasteiger charge is 2.13. The zero-order chi connectivity index (χ0) is 18.6. The van der Waals surface area contributed by atoms with Crippen molar-refractivity contribution in [2.75, 3.05) is 7.11 Å². The monoisotopic (exact) mass is 347 g/mol. The highest BCUT2D eigenvalue weighted by molar-refractivity contribution is 5.74. The first-order valence-electron chi connectivity index (χ1n) is 7.89. The number of aryl methyl sites for hydroxylation is 2. The van der Waals surface area contributed by atoms with Gasteiger partial charge in [0.25, 0.3) is 5.56 Å². The maximum atomic E-state index is 13.7. The smallest absolute Gasteiger partial charge is 0.315 e. The number of aromatic nitrogens is 1. The van der Waals surface area contributed by atoms with Gasteiger partial charge in [-0.05, 0) is 50.1 Å². The second-order valence-electron chi connectivity index (χ2n) is 5.89. The molecule has 1 aromatic heterocycles. The minimum absolute atomic E-state index is 0.108. The normalized spacial score (nSPS) is 11.7. The molecule has 2 amide bonds. The van der Waals surface area contributed by atoms with E-state index in [1.165, 1.54) is 19.2 Å². The van der Waals surface area contributed by atoms with Crippen molar-refractivity contribution in [2.24, 2.45) is 0 Å². The standard InChI is InChI=1S/C18H22FN3O3/c1-10-7-11(2)21-17(23)14(10)9-20-18(24)22-12(3)13-5-6-16(25-4)15(19)8-13/h5-8,12H,9H2,1-4H3,(H,21,23)(H2,20,22,24)/t12-/m0/s1. The van der Waals surface area contributed by atoms with Crippen molar-refractivity contribution in [3.63, 3.8) is 0 Å². The molecule has 0 unspecified atom stereocenters. The van der Waals surface area contributed by atoms with Crippen LogP contribution in [0.2, 0.25) is 0 Å². The van der Waals surface area contributed by atoms with Crippen LogP contribution < -0.4 is 20.9 Å². The van der Waals surface area contributed by atoms with Gasteiger partial charge in [-0.2, -0.15) is 0 Å². The number of rotatable bonds is 5. The zero-order valence-electron chi connectivity index (χ0n) is 14.7. The number of pyridine rings is 1. The fraction of sp³-hybridized carbons (Fsp3) is 0.333. The first-order chi connectivity index (χ1) is 11.8. The van der Waals surface area contributed by atoms with Crippen LogP contribution in [-0.2, 0) is 6.54 Å².